The lowest BCUT2D eigenvalue weighted by molar-refractivity contribution is 0.0696. The van der Waals surface area contributed by atoms with Crippen LogP contribution in [0.15, 0.2) is 77.5 Å². The predicted octanol–water partition coefficient (Wildman–Crippen LogP) is 4.05. The number of nitrogens with two attached hydrogens (primary N) is 1. The van der Waals surface area contributed by atoms with E-state index in [1.165, 1.54) is 17.7 Å². The second kappa shape index (κ2) is 8.26. The van der Waals surface area contributed by atoms with Gasteiger partial charge in [-0.25, -0.2) is 4.79 Å². The fourth-order valence-electron chi connectivity index (χ4n) is 2.88. The molecule has 0 bridgehead atoms. The number of rotatable bonds is 3. The molecule has 0 spiro atoms. The van der Waals surface area contributed by atoms with E-state index in [0.717, 1.165) is 5.56 Å². The van der Waals surface area contributed by atoms with Crippen molar-refractivity contribution >= 4 is 28.7 Å². The van der Waals surface area contributed by atoms with Crippen LogP contribution in [-0.2, 0) is 0 Å². The Bertz CT molecular complexity index is 1140. The van der Waals surface area contributed by atoms with Gasteiger partial charge in [-0.05, 0) is 30.3 Å². The van der Waals surface area contributed by atoms with Gasteiger partial charge in [0.2, 0.25) is 5.91 Å². The lowest BCUT2D eigenvalue weighted by Gasteiger charge is -1.98. The average molecular weight is 390 g/mol. The molecule has 0 saturated carbocycles. The quantitative estimate of drug-likeness (QED) is 0.548. The van der Waals surface area contributed by atoms with Crippen molar-refractivity contribution in [2.24, 2.45) is 5.73 Å². The fourth-order valence-corrected chi connectivity index (χ4v) is 2.88. The minimum Gasteiger partial charge on any atom is -0.478 e. The number of furan rings is 1. The summed E-state index contributed by atoms with van der Waals surface area (Å²) in [6.07, 6.45) is 3.04. The second-order valence-electron chi connectivity index (χ2n) is 6.18. The van der Waals surface area contributed by atoms with Gasteiger partial charge in [0.25, 0.3) is 5.91 Å². The summed E-state index contributed by atoms with van der Waals surface area (Å²) in [6, 6.07) is 17.4. The zero-order chi connectivity index (χ0) is 21.0. The molecular formula is C22H18N2O5. The summed E-state index contributed by atoms with van der Waals surface area (Å²) in [6.45, 7) is 1.44. The maximum absolute atomic E-state index is 11.3. The molecule has 4 rings (SSSR count). The van der Waals surface area contributed by atoms with Gasteiger partial charge in [-0.3, -0.25) is 14.2 Å². The van der Waals surface area contributed by atoms with Crippen LogP contribution in [0.3, 0.4) is 0 Å². The molecule has 7 heteroatoms. The predicted molar refractivity (Wildman–Crippen MR) is 108 cm³/mol. The summed E-state index contributed by atoms with van der Waals surface area (Å²) < 4.78 is 6.59. The minimum absolute atomic E-state index is 0.140. The smallest absolute Gasteiger partial charge is 0.335 e. The molecule has 0 aliphatic heterocycles. The molecule has 1 amide bonds. The summed E-state index contributed by atoms with van der Waals surface area (Å²) in [5.74, 6) is -0.920. The maximum Gasteiger partial charge on any atom is 0.335 e. The van der Waals surface area contributed by atoms with E-state index in [1.807, 2.05) is 12.1 Å². The average Bonchev–Trinajstić information content (AvgIpc) is 3.37. The van der Waals surface area contributed by atoms with E-state index in [-0.39, 0.29) is 11.5 Å². The first kappa shape index (κ1) is 19.6. The van der Waals surface area contributed by atoms with Crippen LogP contribution in [0, 0.1) is 0 Å². The number of para-hydroxylation sites is 1. The van der Waals surface area contributed by atoms with E-state index in [1.54, 1.807) is 54.8 Å². The number of benzene rings is 2. The molecule has 0 aliphatic rings. The van der Waals surface area contributed by atoms with Crippen molar-refractivity contribution in [3.8, 4) is 11.3 Å². The molecule has 3 N–H and O–H groups in total. The highest BCUT2D eigenvalue weighted by molar-refractivity contribution is 6.08. The van der Waals surface area contributed by atoms with Gasteiger partial charge in [-0.2, -0.15) is 0 Å². The Kier molecular flexibility index (Phi) is 5.59. The van der Waals surface area contributed by atoms with Crippen molar-refractivity contribution in [1.29, 1.82) is 0 Å². The number of carboxylic acids is 1. The minimum atomic E-state index is -0.932. The molecule has 4 aromatic rings. The topological polar surface area (TPSA) is 116 Å². The van der Waals surface area contributed by atoms with Crippen molar-refractivity contribution < 1.29 is 23.9 Å². The number of hydrogen-bond acceptors (Lipinski definition) is 4. The molecule has 0 radical (unpaired) electrons. The number of amides is 1. The summed E-state index contributed by atoms with van der Waals surface area (Å²) in [5.41, 5.74) is 7.35. The van der Waals surface area contributed by atoms with Crippen LogP contribution in [0.5, 0.6) is 0 Å². The number of primary amides is 1. The van der Waals surface area contributed by atoms with Gasteiger partial charge in [-0.1, -0.05) is 30.3 Å². The molecule has 2 heterocycles. The number of hydrogen-bond donors (Lipinski definition) is 2. The number of aromatic carboxylic acids is 1. The first-order valence-corrected chi connectivity index (χ1v) is 8.66. The molecule has 29 heavy (non-hydrogen) atoms. The lowest BCUT2D eigenvalue weighted by Crippen LogP contribution is -2.10. The van der Waals surface area contributed by atoms with Gasteiger partial charge < -0.3 is 15.3 Å². The number of carbonyl (C=O) groups is 3. The first-order chi connectivity index (χ1) is 13.9. The highest BCUT2D eigenvalue weighted by atomic mass is 16.4. The van der Waals surface area contributed by atoms with E-state index in [9.17, 15) is 14.4 Å². The third-order valence-corrected chi connectivity index (χ3v) is 4.23. The van der Waals surface area contributed by atoms with Gasteiger partial charge in [0.15, 0.2) is 0 Å². The Hall–Kier alpha value is -4.13. The van der Waals surface area contributed by atoms with Crippen molar-refractivity contribution in [3.63, 3.8) is 0 Å². The van der Waals surface area contributed by atoms with E-state index in [2.05, 4.69) is 0 Å². The number of carbonyl (C=O) groups excluding carboxylic acids is 2. The van der Waals surface area contributed by atoms with Crippen molar-refractivity contribution in [3.05, 3.63) is 84.3 Å². The summed E-state index contributed by atoms with van der Waals surface area (Å²) in [7, 11) is 0. The highest BCUT2D eigenvalue weighted by Gasteiger charge is 2.13. The number of carboxylic acid groups (broad SMARTS) is 1. The molecule has 0 atom stereocenters. The molecule has 2 aromatic carbocycles. The molecule has 0 saturated heterocycles. The Labute approximate surface area is 166 Å². The van der Waals surface area contributed by atoms with Crippen LogP contribution in [0.2, 0.25) is 0 Å². The summed E-state index contributed by atoms with van der Waals surface area (Å²) in [5, 5.41) is 9.48. The third kappa shape index (κ3) is 4.24. The van der Waals surface area contributed by atoms with Crippen LogP contribution in [0.4, 0.5) is 0 Å². The zero-order valence-corrected chi connectivity index (χ0v) is 15.5. The second-order valence-corrected chi connectivity index (χ2v) is 6.18. The molecule has 0 fully saturated rings. The summed E-state index contributed by atoms with van der Waals surface area (Å²) >= 11 is 0. The van der Waals surface area contributed by atoms with E-state index >= 15 is 0 Å². The van der Waals surface area contributed by atoms with Gasteiger partial charge in [0.1, 0.15) is 5.76 Å². The normalized spacial score (nSPS) is 10.2. The van der Waals surface area contributed by atoms with Gasteiger partial charge in [0, 0.05) is 24.1 Å². The van der Waals surface area contributed by atoms with Crippen molar-refractivity contribution in [2.45, 2.75) is 6.92 Å². The Balaban J connectivity index is 0.000000166. The monoisotopic (exact) mass is 390 g/mol. The third-order valence-electron chi connectivity index (χ3n) is 4.23. The summed E-state index contributed by atoms with van der Waals surface area (Å²) in [4.78, 5) is 33.1. The number of aromatic nitrogens is 1. The van der Waals surface area contributed by atoms with Gasteiger partial charge in [-0.15, -0.1) is 0 Å². The Morgan fingerprint density at radius 3 is 2.38 bits per heavy atom. The maximum atomic E-state index is 11.3. The van der Waals surface area contributed by atoms with Gasteiger partial charge >= 0.3 is 5.97 Å². The molecule has 0 aliphatic carbocycles. The van der Waals surface area contributed by atoms with Crippen molar-refractivity contribution in [1.82, 2.24) is 4.57 Å². The molecule has 0 unspecified atom stereocenters. The van der Waals surface area contributed by atoms with E-state index in [4.69, 9.17) is 15.3 Å². The fraction of sp³-hybridized carbons (Fsp3) is 0.0455. The Morgan fingerprint density at radius 2 is 1.76 bits per heavy atom. The zero-order valence-electron chi connectivity index (χ0n) is 15.5. The molecule has 146 valence electrons. The van der Waals surface area contributed by atoms with E-state index in [0.29, 0.717) is 22.2 Å². The number of nitrogens with zero attached hydrogens (tertiary/aromatic N) is 1. The molecule has 2 aromatic heterocycles. The first-order valence-electron chi connectivity index (χ1n) is 8.66. The molecular weight excluding hydrogens is 372 g/mol. The van der Waals surface area contributed by atoms with Crippen LogP contribution < -0.4 is 5.73 Å². The van der Waals surface area contributed by atoms with Crippen LogP contribution in [-0.4, -0.2) is 27.5 Å². The number of fused-ring (bicyclic) bond motifs is 1. The lowest BCUT2D eigenvalue weighted by atomic mass is 10.1. The van der Waals surface area contributed by atoms with Gasteiger partial charge in [0.05, 0.1) is 22.9 Å². The van der Waals surface area contributed by atoms with Crippen LogP contribution in [0.1, 0.15) is 32.4 Å². The van der Waals surface area contributed by atoms with E-state index < -0.39 is 11.9 Å². The highest BCUT2D eigenvalue weighted by Crippen LogP contribution is 2.21. The standard InChI is InChI=1S/C11H10N2O2.C11H8O3/c1-7(14)13-6-9(11(12)15)8-4-2-3-5-10(8)13;12-11(13)9-4-1-3-8(7-9)10-5-2-6-14-10/h2-6H,1H3,(H2,12,15);1-7H,(H,12,13). The van der Waals surface area contributed by atoms with Crippen LogP contribution >= 0.6 is 0 Å². The SMILES string of the molecule is CC(=O)n1cc(C(N)=O)c2ccccc21.O=C(O)c1cccc(-c2ccco2)c1. The Morgan fingerprint density at radius 1 is 1.00 bits per heavy atom. The van der Waals surface area contributed by atoms with Crippen LogP contribution in [0.25, 0.3) is 22.2 Å². The molecule has 7 nitrogen and oxygen atoms in total. The largest absolute Gasteiger partial charge is 0.478 e. The van der Waals surface area contributed by atoms with Crippen molar-refractivity contribution in [2.75, 3.05) is 0 Å².